The molecule has 26 heavy (non-hydrogen) atoms. The van der Waals surface area contributed by atoms with Crippen LogP contribution < -0.4 is 10.0 Å². The van der Waals surface area contributed by atoms with Gasteiger partial charge in [0.25, 0.3) is 5.91 Å². The normalized spacial score (nSPS) is 11.7. The SMILES string of the molecule is CC(C)(C)NS(=O)(=O)c1cc(C(=O)Nc2cccc(C#N)c2)ccc1Cl. The largest absolute Gasteiger partial charge is 0.322 e. The molecule has 0 atom stereocenters. The molecule has 0 saturated heterocycles. The van der Waals surface area contributed by atoms with Gasteiger partial charge in [-0.3, -0.25) is 4.79 Å². The van der Waals surface area contributed by atoms with E-state index in [-0.39, 0.29) is 15.5 Å². The van der Waals surface area contributed by atoms with Gasteiger partial charge in [0, 0.05) is 16.8 Å². The van der Waals surface area contributed by atoms with E-state index in [0.29, 0.717) is 11.3 Å². The molecule has 1 amide bonds. The zero-order valence-corrected chi connectivity index (χ0v) is 16.1. The molecule has 0 fully saturated rings. The second kappa shape index (κ2) is 7.46. The summed E-state index contributed by atoms with van der Waals surface area (Å²) in [6, 6.07) is 12.4. The number of nitrogens with zero attached hydrogens (tertiary/aromatic N) is 1. The van der Waals surface area contributed by atoms with Gasteiger partial charge in [0.2, 0.25) is 10.0 Å². The molecule has 0 aromatic heterocycles. The topological polar surface area (TPSA) is 99.1 Å². The molecule has 0 aliphatic heterocycles. The summed E-state index contributed by atoms with van der Waals surface area (Å²) in [5, 5.41) is 11.6. The molecule has 0 aliphatic carbocycles. The zero-order valence-electron chi connectivity index (χ0n) is 14.5. The van der Waals surface area contributed by atoms with Crippen molar-refractivity contribution < 1.29 is 13.2 Å². The average Bonchev–Trinajstić information content (AvgIpc) is 2.53. The van der Waals surface area contributed by atoms with Crippen LogP contribution in [-0.2, 0) is 10.0 Å². The number of carbonyl (C=O) groups excluding carboxylic acids is 1. The quantitative estimate of drug-likeness (QED) is 0.832. The third kappa shape index (κ3) is 5.05. The van der Waals surface area contributed by atoms with Crippen molar-refractivity contribution in [3.05, 3.63) is 58.6 Å². The summed E-state index contributed by atoms with van der Waals surface area (Å²) in [6.07, 6.45) is 0. The number of hydrogen-bond acceptors (Lipinski definition) is 4. The highest BCUT2D eigenvalue weighted by Crippen LogP contribution is 2.24. The van der Waals surface area contributed by atoms with Crippen LogP contribution in [0.3, 0.4) is 0 Å². The monoisotopic (exact) mass is 391 g/mol. The third-order valence-corrected chi connectivity index (χ3v) is 5.41. The summed E-state index contributed by atoms with van der Waals surface area (Å²) >= 11 is 6.03. The summed E-state index contributed by atoms with van der Waals surface area (Å²) in [7, 11) is -3.89. The Morgan fingerprint density at radius 3 is 2.46 bits per heavy atom. The first kappa shape index (κ1) is 19.9. The maximum Gasteiger partial charge on any atom is 0.255 e. The molecule has 0 radical (unpaired) electrons. The molecule has 0 saturated carbocycles. The first-order chi connectivity index (χ1) is 12.0. The van der Waals surface area contributed by atoms with E-state index in [4.69, 9.17) is 16.9 Å². The van der Waals surface area contributed by atoms with Crippen molar-refractivity contribution in [3.63, 3.8) is 0 Å². The first-order valence-electron chi connectivity index (χ1n) is 7.67. The second-order valence-corrected chi connectivity index (χ2v) is 8.71. The van der Waals surface area contributed by atoms with Crippen LogP contribution in [-0.4, -0.2) is 19.9 Å². The van der Waals surface area contributed by atoms with E-state index in [2.05, 4.69) is 10.0 Å². The lowest BCUT2D eigenvalue weighted by molar-refractivity contribution is 0.102. The lowest BCUT2D eigenvalue weighted by Gasteiger charge is -2.21. The molecular weight excluding hydrogens is 374 g/mol. The van der Waals surface area contributed by atoms with Gasteiger partial charge in [0.05, 0.1) is 16.7 Å². The van der Waals surface area contributed by atoms with Gasteiger partial charge in [-0.1, -0.05) is 17.7 Å². The molecule has 8 heteroatoms. The number of amides is 1. The van der Waals surface area contributed by atoms with Crippen molar-refractivity contribution in [1.82, 2.24) is 4.72 Å². The number of hydrogen-bond donors (Lipinski definition) is 2. The van der Waals surface area contributed by atoms with Crippen molar-refractivity contribution in [3.8, 4) is 6.07 Å². The Hall–Kier alpha value is -2.40. The van der Waals surface area contributed by atoms with Gasteiger partial charge >= 0.3 is 0 Å². The van der Waals surface area contributed by atoms with Crippen LogP contribution in [0.4, 0.5) is 5.69 Å². The van der Waals surface area contributed by atoms with Gasteiger partial charge in [-0.15, -0.1) is 0 Å². The van der Waals surface area contributed by atoms with Gasteiger partial charge in [-0.05, 0) is 57.2 Å². The highest BCUT2D eigenvalue weighted by Gasteiger charge is 2.25. The van der Waals surface area contributed by atoms with Crippen LogP contribution in [0.25, 0.3) is 0 Å². The molecule has 0 heterocycles. The van der Waals surface area contributed by atoms with E-state index in [9.17, 15) is 13.2 Å². The van der Waals surface area contributed by atoms with Crippen LogP contribution in [0.1, 0.15) is 36.7 Å². The molecule has 0 spiro atoms. The van der Waals surface area contributed by atoms with Crippen molar-refractivity contribution in [1.29, 1.82) is 5.26 Å². The first-order valence-corrected chi connectivity index (χ1v) is 9.53. The lowest BCUT2D eigenvalue weighted by atomic mass is 10.1. The summed E-state index contributed by atoms with van der Waals surface area (Å²) in [6.45, 7) is 5.12. The number of sulfonamides is 1. The zero-order chi connectivity index (χ0) is 19.5. The predicted octanol–water partition coefficient (Wildman–Crippen LogP) is 3.54. The van der Waals surface area contributed by atoms with Crippen molar-refractivity contribution in [2.45, 2.75) is 31.2 Å². The Labute approximate surface area is 157 Å². The van der Waals surface area contributed by atoms with E-state index >= 15 is 0 Å². The summed E-state index contributed by atoms with van der Waals surface area (Å²) in [5.74, 6) is -0.510. The lowest BCUT2D eigenvalue weighted by Crippen LogP contribution is -2.40. The molecule has 2 rings (SSSR count). The molecule has 0 aliphatic rings. The number of halogens is 1. The Balaban J connectivity index is 2.34. The van der Waals surface area contributed by atoms with Gasteiger partial charge in [-0.25, -0.2) is 13.1 Å². The Morgan fingerprint density at radius 1 is 1.15 bits per heavy atom. The third-order valence-electron chi connectivity index (χ3n) is 3.17. The smallest absolute Gasteiger partial charge is 0.255 e. The van der Waals surface area contributed by atoms with Crippen LogP contribution in [0, 0.1) is 11.3 Å². The van der Waals surface area contributed by atoms with E-state index in [1.54, 1.807) is 39.0 Å². The maximum atomic E-state index is 12.5. The Kier molecular flexibility index (Phi) is 5.71. The van der Waals surface area contributed by atoms with E-state index in [0.717, 1.165) is 0 Å². The maximum absolute atomic E-state index is 12.5. The highest BCUT2D eigenvalue weighted by molar-refractivity contribution is 7.89. The fourth-order valence-electron chi connectivity index (χ4n) is 2.18. The number of carbonyl (C=O) groups is 1. The second-order valence-electron chi connectivity index (χ2n) is 6.65. The number of nitriles is 1. The number of benzene rings is 2. The summed E-state index contributed by atoms with van der Waals surface area (Å²) in [5.41, 5.74) is 0.266. The van der Waals surface area contributed by atoms with Crippen molar-refractivity contribution in [2.75, 3.05) is 5.32 Å². The van der Waals surface area contributed by atoms with Gasteiger partial charge in [0.1, 0.15) is 4.90 Å². The van der Waals surface area contributed by atoms with Gasteiger partial charge in [0.15, 0.2) is 0 Å². The highest BCUT2D eigenvalue weighted by atomic mass is 35.5. The fourth-order valence-corrected chi connectivity index (χ4v) is 4.12. The Morgan fingerprint density at radius 2 is 1.85 bits per heavy atom. The number of nitrogens with one attached hydrogen (secondary N) is 2. The molecule has 0 bridgehead atoms. The van der Waals surface area contributed by atoms with Crippen LogP contribution in [0.2, 0.25) is 5.02 Å². The summed E-state index contributed by atoms with van der Waals surface area (Å²) in [4.78, 5) is 12.3. The van der Waals surface area contributed by atoms with Crippen LogP contribution in [0.15, 0.2) is 47.4 Å². The molecular formula is C18H18ClN3O3S. The van der Waals surface area contributed by atoms with Crippen molar-refractivity contribution >= 4 is 33.2 Å². The standard InChI is InChI=1S/C18H18ClN3O3S/c1-18(2,3)22-26(24,25)16-10-13(7-8-15(16)19)17(23)21-14-6-4-5-12(9-14)11-20/h4-10,22H,1-3H3,(H,21,23). The van der Waals surface area contributed by atoms with E-state index in [1.165, 1.54) is 24.3 Å². The molecule has 136 valence electrons. The Bertz CT molecular complexity index is 989. The van der Waals surface area contributed by atoms with Crippen LogP contribution in [0.5, 0.6) is 0 Å². The minimum atomic E-state index is -3.89. The predicted molar refractivity (Wildman–Crippen MR) is 101 cm³/mol. The minimum absolute atomic E-state index is 0.0183. The molecule has 2 aromatic carbocycles. The number of rotatable bonds is 4. The van der Waals surface area contributed by atoms with Crippen molar-refractivity contribution in [2.24, 2.45) is 0 Å². The number of anilines is 1. The molecule has 2 aromatic rings. The van der Waals surface area contributed by atoms with Gasteiger partial charge < -0.3 is 5.32 Å². The minimum Gasteiger partial charge on any atom is -0.322 e. The molecule has 6 nitrogen and oxygen atoms in total. The van der Waals surface area contributed by atoms with E-state index < -0.39 is 21.5 Å². The molecule has 2 N–H and O–H groups in total. The average molecular weight is 392 g/mol. The summed E-state index contributed by atoms with van der Waals surface area (Å²) < 4.78 is 27.5. The fraction of sp³-hybridized carbons (Fsp3) is 0.222. The van der Waals surface area contributed by atoms with Gasteiger partial charge in [-0.2, -0.15) is 5.26 Å². The van der Waals surface area contributed by atoms with Crippen LogP contribution >= 0.6 is 11.6 Å². The van der Waals surface area contributed by atoms with E-state index in [1.807, 2.05) is 6.07 Å². The molecule has 0 unspecified atom stereocenters.